The summed E-state index contributed by atoms with van der Waals surface area (Å²) < 4.78 is 1.51. The lowest BCUT2D eigenvalue weighted by Gasteiger charge is -2.31. The summed E-state index contributed by atoms with van der Waals surface area (Å²) in [4.78, 5) is 25.6. The number of aromatic nitrogens is 3. The maximum absolute atomic E-state index is 12.4. The van der Waals surface area contributed by atoms with Crippen LogP contribution in [0.15, 0.2) is 0 Å². The summed E-state index contributed by atoms with van der Waals surface area (Å²) in [7, 11) is 0. The van der Waals surface area contributed by atoms with Gasteiger partial charge in [-0.3, -0.25) is 4.79 Å². The van der Waals surface area contributed by atoms with Crippen LogP contribution in [0.3, 0.4) is 0 Å². The summed E-state index contributed by atoms with van der Waals surface area (Å²) in [6.45, 7) is 3.85. The fourth-order valence-electron chi connectivity index (χ4n) is 3.16. The van der Waals surface area contributed by atoms with Crippen LogP contribution < -0.4 is 0 Å². The maximum atomic E-state index is 12.4. The first-order valence-electron chi connectivity index (χ1n) is 8.00. The van der Waals surface area contributed by atoms with E-state index in [0.717, 1.165) is 45.2 Å². The van der Waals surface area contributed by atoms with Crippen molar-refractivity contribution in [1.82, 2.24) is 19.9 Å². The first kappa shape index (κ1) is 15.0. The highest BCUT2D eigenvalue weighted by Crippen LogP contribution is 2.37. The van der Waals surface area contributed by atoms with Gasteiger partial charge in [-0.2, -0.15) is 0 Å². The van der Waals surface area contributed by atoms with E-state index >= 15 is 0 Å². The standard InChI is InChI=1S/C15H22N4O3/c1-10-5-7-18(8-6-10)12(20)9-19-14(11-3-2-4-11)13(15(21)22)16-17-19/h10-11H,2-9H2,1H3,(H,21,22). The minimum Gasteiger partial charge on any atom is -0.476 e. The fourth-order valence-corrected chi connectivity index (χ4v) is 3.16. The van der Waals surface area contributed by atoms with Crippen LogP contribution in [0.1, 0.15) is 61.1 Å². The molecule has 1 aromatic rings. The van der Waals surface area contributed by atoms with Crippen LogP contribution in [0, 0.1) is 5.92 Å². The number of carboxylic acid groups (broad SMARTS) is 1. The molecule has 1 saturated carbocycles. The lowest BCUT2D eigenvalue weighted by molar-refractivity contribution is -0.133. The molecular formula is C15H22N4O3. The minimum atomic E-state index is -1.06. The Labute approximate surface area is 129 Å². The molecule has 22 heavy (non-hydrogen) atoms. The molecule has 1 aromatic heterocycles. The molecule has 0 unspecified atom stereocenters. The molecule has 2 fully saturated rings. The van der Waals surface area contributed by atoms with Crippen molar-refractivity contribution < 1.29 is 14.7 Å². The second kappa shape index (κ2) is 6.06. The SMILES string of the molecule is CC1CCN(C(=O)Cn2nnc(C(=O)O)c2C2CCC2)CC1. The Hall–Kier alpha value is -1.92. The zero-order chi connectivity index (χ0) is 15.7. The smallest absolute Gasteiger partial charge is 0.358 e. The van der Waals surface area contributed by atoms with E-state index in [1.54, 1.807) is 0 Å². The van der Waals surface area contributed by atoms with Gasteiger partial charge < -0.3 is 10.0 Å². The average Bonchev–Trinajstić information content (AvgIpc) is 2.81. The van der Waals surface area contributed by atoms with Gasteiger partial charge >= 0.3 is 5.97 Å². The molecule has 1 aliphatic carbocycles. The molecule has 2 heterocycles. The first-order chi connectivity index (χ1) is 10.6. The van der Waals surface area contributed by atoms with Crippen LogP contribution in [0.4, 0.5) is 0 Å². The highest BCUT2D eigenvalue weighted by Gasteiger charge is 2.31. The van der Waals surface area contributed by atoms with Crippen LogP contribution in [-0.4, -0.2) is 50.0 Å². The lowest BCUT2D eigenvalue weighted by Crippen LogP contribution is -2.40. The van der Waals surface area contributed by atoms with Crippen molar-refractivity contribution >= 4 is 11.9 Å². The minimum absolute atomic E-state index is 0.00441. The molecule has 0 bridgehead atoms. The average molecular weight is 306 g/mol. The molecule has 7 heteroatoms. The number of nitrogens with zero attached hydrogens (tertiary/aromatic N) is 4. The summed E-state index contributed by atoms with van der Waals surface area (Å²) in [6, 6.07) is 0. The van der Waals surface area contributed by atoms with E-state index in [1.807, 2.05) is 4.90 Å². The third-order valence-corrected chi connectivity index (χ3v) is 4.89. The van der Waals surface area contributed by atoms with Gasteiger partial charge in [-0.15, -0.1) is 5.10 Å². The molecule has 0 atom stereocenters. The third kappa shape index (κ3) is 2.84. The van der Waals surface area contributed by atoms with E-state index in [9.17, 15) is 14.7 Å². The Morgan fingerprint density at radius 2 is 1.91 bits per heavy atom. The number of likely N-dealkylation sites (tertiary alicyclic amines) is 1. The number of rotatable bonds is 4. The van der Waals surface area contributed by atoms with Crippen LogP contribution >= 0.6 is 0 Å². The van der Waals surface area contributed by atoms with Gasteiger partial charge in [-0.25, -0.2) is 9.48 Å². The number of piperidine rings is 1. The van der Waals surface area contributed by atoms with Crippen LogP contribution in [0.2, 0.25) is 0 Å². The maximum Gasteiger partial charge on any atom is 0.358 e. The summed E-state index contributed by atoms with van der Waals surface area (Å²) in [5.41, 5.74) is 0.627. The Balaban J connectivity index is 1.74. The second-order valence-electron chi connectivity index (χ2n) is 6.48. The van der Waals surface area contributed by atoms with Gasteiger partial charge in [-0.05, 0) is 31.6 Å². The third-order valence-electron chi connectivity index (χ3n) is 4.89. The molecule has 1 N–H and O–H groups in total. The van der Waals surface area contributed by atoms with E-state index in [-0.39, 0.29) is 24.1 Å². The Morgan fingerprint density at radius 1 is 1.23 bits per heavy atom. The van der Waals surface area contributed by atoms with E-state index < -0.39 is 5.97 Å². The summed E-state index contributed by atoms with van der Waals surface area (Å²) >= 11 is 0. The number of hydrogen-bond acceptors (Lipinski definition) is 4. The van der Waals surface area contributed by atoms with E-state index in [0.29, 0.717) is 11.6 Å². The van der Waals surface area contributed by atoms with Crippen LogP contribution in [0.25, 0.3) is 0 Å². The monoisotopic (exact) mass is 306 g/mol. The molecule has 0 radical (unpaired) electrons. The number of carbonyl (C=O) groups excluding carboxylic acids is 1. The Morgan fingerprint density at radius 3 is 2.45 bits per heavy atom. The van der Waals surface area contributed by atoms with E-state index in [1.165, 1.54) is 4.68 Å². The molecule has 0 aromatic carbocycles. The molecule has 3 rings (SSSR count). The van der Waals surface area contributed by atoms with Crippen molar-refractivity contribution in [3.63, 3.8) is 0 Å². The van der Waals surface area contributed by atoms with Crippen LogP contribution in [0.5, 0.6) is 0 Å². The normalized spacial score (nSPS) is 20.0. The van der Waals surface area contributed by atoms with Gasteiger partial charge in [0, 0.05) is 19.0 Å². The Bertz CT molecular complexity index is 571. The van der Waals surface area contributed by atoms with Gasteiger partial charge in [0.05, 0.1) is 5.69 Å². The molecule has 2 aliphatic rings. The number of hydrogen-bond donors (Lipinski definition) is 1. The van der Waals surface area contributed by atoms with E-state index in [2.05, 4.69) is 17.2 Å². The lowest BCUT2D eigenvalue weighted by atomic mass is 9.82. The molecule has 1 amide bonds. The van der Waals surface area contributed by atoms with Crippen LogP contribution in [-0.2, 0) is 11.3 Å². The largest absolute Gasteiger partial charge is 0.476 e. The predicted molar refractivity (Wildman–Crippen MR) is 78.6 cm³/mol. The van der Waals surface area contributed by atoms with E-state index in [4.69, 9.17) is 0 Å². The summed E-state index contributed by atoms with van der Waals surface area (Å²) in [5, 5.41) is 16.9. The van der Waals surface area contributed by atoms with Gasteiger partial charge in [0.2, 0.25) is 5.91 Å². The second-order valence-corrected chi connectivity index (χ2v) is 6.48. The van der Waals surface area contributed by atoms with Crippen molar-refractivity contribution in [2.24, 2.45) is 5.92 Å². The summed E-state index contributed by atoms with van der Waals surface area (Å²) in [5.74, 6) is -0.212. The number of aromatic carboxylic acids is 1. The summed E-state index contributed by atoms with van der Waals surface area (Å²) in [6.07, 6.45) is 5.04. The van der Waals surface area contributed by atoms with Crippen molar-refractivity contribution in [2.45, 2.75) is 51.5 Å². The molecule has 0 spiro atoms. The predicted octanol–water partition coefficient (Wildman–Crippen LogP) is 1.50. The van der Waals surface area contributed by atoms with Gasteiger partial charge in [0.15, 0.2) is 5.69 Å². The van der Waals surface area contributed by atoms with Gasteiger partial charge in [0.1, 0.15) is 6.54 Å². The number of carbonyl (C=O) groups is 2. The molecular weight excluding hydrogens is 284 g/mol. The molecule has 1 saturated heterocycles. The topological polar surface area (TPSA) is 88.3 Å². The van der Waals surface area contributed by atoms with Gasteiger partial charge in [-0.1, -0.05) is 18.6 Å². The van der Waals surface area contributed by atoms with Gasteiger partial charge in [0.25, 0.3) is 0 Å². The Kier molecular flexibility index (Phi) is 4.13. The zero-order valence-electron chi connectivity index (χ0n) is 12.9. The fraction of sp³-hybridized carbons (Fsp3) is 0.733. The van der Waals surface area contributed by atoms with Crippen molar-refractivity contribution in [3.8, 4) is 0 Å². The number of carboxylic acids is 1. The molecule has 1 aliphatic heterocycles. The number of amides is 1. The quantitative estimate of drug-likeness (QED) is 0.910. The van der Waals surface area contributed by atoms with Crippen molar-refractivity contribution in [2.75, 3.05) is 13.1 Å². The zero-order valence-corrected chi connectivity index (χ0v) is 12.9. The van der Waals surface area contributed by atoms with Crippen molar-refractivity contribution in [3.05, 3.63) is 11.4 Å². The highest BCUT2D eigenvalue weighted by atomic mass is 16.4. The molecule has 120 valence electrons. The first-order valence-corrected chi connectivity index (χ1v) is 8.00. The highest BCUT2D eigenvalue weighted by molar-refractivity contribution is 5.87. The van der Waals surface area contributed by atoms with Crippen molar-refractivity contribution in [1.29, 1.82) is 0 Å². The molecule has 7 nitrogen and oxygen atoms in total.